The fourth-order valence-electron chi connectivity index (χ4n) is 9.46. The number of unbranched alkanes of at least 4 members (excludes halogenated alkanes) is 42. The van der Waals surface area contributed by atoms with Crippen LogP contribution in [0.4, 0.5) is 0 Å². The monoisotopic (exact) mass is 965 g/mol. The summed E-state index contributed by atoms with van der Waals surface area (Å²) >= 11 is 0. The maximum absolute atomic E-state index is 13.2. The lowest BCUT2D eigenvalue weighted by atomic mass is 10.0. The van der Waals surface area contributed by atoms with E-state index in [4.69, 9.17) is 14.2 Å². The highest BCUT2D eigenvalue weighted by atomic mass is 16.6. The van der Waals surface area contributed by atoms with Crippen molar-refractivity contribution in [3.8, 4) is 0 Å². The van der Waals surface area contributed by atoms with Crippen molar-refractivity contribution in [2.24, 2.45) is 0 Å². The average Bonchev–Trinajstić information content (AvgIpc) is 3.33. The summed E-state index contributed by atoms with van der Waals surface area (Å²) in [6.45, 7) is 6.02. The van der Waals surface area contributed by atoms with Gasteiger partial charge >= 0.3 is 17.9 Å². The Labute approximate surface area is 422 Å². The van der Waals surface area contributed by atoms with Crippen LogP contribution in [0.5, 0.6) is 0 Å². The fraction of sp³-hybridized carbons (Fsp3) is 0.950. The molecule has 0 aliphatic carbocycles. The van der Waals surface area contributed by atoms with Crippen molar-refractivity contribution in [2.75, 3.05) is 13.2 Å². The number of hydrogen-bond acceptors (Lipinski definition) is 8. The van der Waals surface area contributed by atoms with Crippen LogP contribution in [0.1, 0.15) is 335 Å². The molecule has 0 fully saturated rings. The van der Waals surface area contributed by atoms with Gasteiger partial charge in [0.25, 0.3) is 0 Å². The van der Waals surface area contributed by atoms with Gasteiger partial charge in [0.05, 0.1) is 12.7 Å². The number of carbonyl (C=O) groups excluding carboxylic acids is 3. The molecular formula is C60H116O8. The standard InChI is InChI=1S/C60H116O8/c1-4-7-10-13-16-19-22-25-28-31-34-37-40-43-46-49-58(63)66-54-57(68-60(65)51-48-45-42-39-36-33-30-27-24-21-18-15-12-9-6-3)56(52-55(62)53-61)67-59(64)50-47-44-41-38-35-32-29-26-23-20-17-14-11-8-5-2/h55-57,61-62H,4-54H2,1-3H3. The molecule has 0 aromatic rings. The summed E-state index contributed by atoms with van der Waals surface area (Å²) < 4.78 is 17.5. The summed E-state index contributed by atoms with van der Waals surface area (Å²) in [5.74, 6) is -1.22. The van der Waals surface area contributed by atoms with E-state index in [9.17, 15) is 24.6 Å². The normalized spacial score (nSPS) is 12.8. The first-order valence-corrected chi connectivity index (χ1v) is 30.2. The molecular weight excluding hydrogens is 849 g/mol. The maximum atomic E-state index is 13.2. The topological polar surface area (TPSA) is 119 Å². The second-order valence-electron chi connectivity index (χ2n) is 20.9. The van der Waals surface area contributed by atoms with Crippen LogP contribution >= 0.6 is 0 Å². The Morgan fingerprint density at radius 2 is 0.544 bits per heavy atom. The van der Waals surface area contributed by atoms with Gasteiger partial charge in [0.15, 0.2) is 6.10 Å². The summed E-state index contributed by atoms with van der Waals surface area (Å²) in [5.41, 5.74) is 0. The molecule has 2 N–H and O–H groups in total. The van der Waals surface area contributed by atoms with Crippen LogP contribution in [0, 0.1) is 0 Å². The number of esters is 3. The molecule has 0 saturated heterocycles. The van der Waals surface area contributed by atoms with Crippen molar-refractivity contribution >= 4 is 17.9 Å². The molecule has 3 atom stereocenters. The predicted molar refractivity (Wildman–Crippen MR) is 287 cm³/mol. The van der Waals surface area contributed by atoms with Gasteiger partial charge in [0, 0.05) is 25.7 Å². The molecule has 404 valence electrons. The smallest absolute Gasteiger partial charge is 0.306 e. The van der Waals surface area contributed by atoms with Crippen LogP contribution in [-0.2, 0) is 28.6 Å². The van der Waals surface area contributed by atoms with Crippen molar-refractivity contribution in [1.29, 1.82) is 0 Å². The van der Waals surface area contributed by atoms with E-state index in [0.29, 0.717) is 12.8 Å². The molecule has 8 nitrogen and oxygen atoms in total. The molecule has 0 aliphatic heterocycles. The quantitative estimate of drug-likeness (QED) is 0.0351. The molecule has 0 amide bonds. The van der Waals surface area contributed by atoms with Gasteiger partial charge in [0.1, 0.15) is 12.7 Å². The molecule has 0 aromatic carbocycles. The predicted octanol–water partition coefficient (Wildman–Crippen LogP) is 17.9. The minimum Gasteiger partial charge on any atom is -0.462 e. The van der Waals surface area contributed by atoms with E-state index in [1.165, 1.54) is 231 Å². The van der Waals surface area contributed by atoms with E-state index in [1.54, 1.807) is 0 Å². The zero-order valence-electron chi connectivity index (χ0n) is 45.6. The number of carbonyl (C=O) groups is 3. The van der Waals surface area contributed by atoms with Crippen molar-refractivity contribution in [2.45, 2.75) is 354 Å². The zero-order chi connectivity index (χ0) is 49.6. The van der Waals surface area contributed by atoms with Gasteiger partial charge < -0.3 is 24.4 Å². The number of aliphatic hydroxyl groups is 2. The molecule has 68 heavy (non-hydrogen) atoms. The Balaban J connectivity index is 4.82. The minimum atomic E-state index is -1.17. The van der Waals surface area contributed by atoms with E-state index in [-0.39, 0.29) is 38.3 Å². The first-order chi connectivity index (χ1) is 33.4. The molecule has 0 heterocycles. The average molecular weight is 966 g/mol. The highest BCUT2D eigenvalue weighted by molar-refractivity contribution is 5.71. The molecule has 0 saturated carbocycles. The Bertz CT molecular complexity index is 1050. The van der Waals surface area contributed by atoms with Crippen molar-refractivity contribution in [3.63, 3.8) is 0 Å². The Kier molecular flexibility index (Phi) is 53.3. The highest BCUT2D eigenvalue weighted by Crippen LogP contribution is 2.20. The summed E-state index contributed by atoms with van der Waals surface area (Å²) in [5, 5.41) is 20.2. The lowest BCUT2D eigenvalue weighted by Crippen LogP contribution is -2.41. The zero-order valence-corrected chi connectivity index (χ0v) is 45.6. The summed E-state index contributed by atoms with van der Waals surface area (Å²) in [7, 11) is 0. The van der Waals surface area contributed by atoms with E-state index in [0.717, 1.165) is 44.9 Å². The van der Waals surface area contributed by atoms with Gasteiger partial charge in [-0.2, -0.15) is 0 Å². The van der Waals surface area contributed by atoms with E-state index in [1.807, 2.05) is 0 Å². The van der Waals surface area contributed by atoms with Gasteiger partial charge in [-0.25, -0.2) is 0 Å². The molecule has 0 radical (unpaired) electrons. The molecule has 0 aromatic heterocycles. The number of ether oxygens (including phenoxy) is 3. The molecule has 0 aliphatic rings. The summed E-state index contributed by atoms with van der Waals surface area (Å²) in [6.07, 6.45) is 53.2. The molecule has 0 spiro atoms. The van der Waals surface area contributed by atoms with E-state index >= 15 is 0 Å². The second kappa shape index (κ2) is 54.7. The van der Waals surface area contributed by atoms with E-state index < -0.39 is 36.9 Å². The first kappa shape index (κ1) is 66.3. The third-order valence-electron chi connectivity index (χ3n) is 14.1. The number of hydrogen-bond donors (Lipinski definition) is 2. The van der Waals surface area contributed by atoms with Gasteiger partial charge in [0.2, 0.25) is 0 Å². The molecule has 0 rings (SSSR count). The van der Waals surface area contributed by atoms with Crippen LogP contribution in [0.3, 0.4) is 0 Å². The molecule has 8 heteroatoms. The second-order valence-corrected chi connectivity index (χ2v) is 20.9. The van der Waals surface area contributed by atoms with Crippen LogP contribution in [0.2, 0.25) is 0 Å². The summed E-state index contributed by atoms with van der Waals surface area (Å²) in [4.78, 5) is 39.3. The lowest BCUT2D eigenvalue weighted by Gasteiger charge is -2.28. The van der Waals surface area contributed by atoms with Gasteiger partial charge in [-0.1, -0.05) is 290 Å². The highest BCUT2D eigenvalue weighted by Gasteiger charge is 2.32. The lowest BCUT2D eigenvalue weighted by molar-refractivity contribution is -0.178. The van der Waals surface area contributed by atoms with Crippen molar-refractivity contribution in [1.82, 2.24) is 0 Å². The Morgan fingerprint density at radius 1 is 0.324 bits per heavy atom. The minimum absolute atomic E-state index is 0.116. The molecule has 0 bridgehead atoms. The number of aliphatic hydroxyl groups excluding tert-OH is 2. The van der Waals surface area contributed by atoms with Gasteiger partial charge in [-0.15, -0.1) is 0 Å². The van der Waals surface area contributed by atoms with Crippen LogP contribution < -0.4 is 0 Å². The first-order valence-electron chi connectivity index (χ1n) is 30.2. The van der Waals surface area contributed by atoms with Crippen LogP contribution in [0.25, 0.3) is 0 Å². The van der Waals surface area contributed by atoms with Crippen molar-refractivity contribution in [3.05, 3.63) is 0 Å². The Morgan fingerprint density at radius 3 is 0.794 bits per heavy atom. The van der Waals surface area contributed by atoms with Crippen molar-refractivity contribution < 1.29 is 38.8 Å². The van der Waals surface area contributed by atoms with Gasteiger partial charge in [-0.3, -0.25) is 14.4 Å². The van der Waals surface area contributed by atoms with Crippen LogP contribution in [0.15, 0.2) is 0 Å². The third kappa shape index (κ3) is 49.3. The Hall–Kier alpha value is -1.67. The van der Waals surface area contributed by atoms with Crippen LogP contribution in [-0.4, -0.2) is 59.6 Å². The summed E-state index contributed by atoms with van der Waals surface area (Å²) in [6, 6.07) is 0. The molecule has 3 unspecified atom stereocenters. The van der Waals surface area contributed by atoms with E-state index in [2.05, 4.69) is 20.8 Å². The number of rotatable bonds is 56. The maximum Gasteiger partial charge on any atom is 0.306 e. The van der Waals surface area contributed by atoms with Gasteiger partial charge in [-0.05, 0) is 19.3 Å². The SMILES string of the molecule is CCCCCCCCCCCCCCCCCC(=O)OCC(OC(=O)CCCCCCCCCCCCCCCCC)C(CC(O)CO)OC(=O)CCCCCCCCCCCCCCCCC. The fourth-order valence-corrected chi connectivity index (χ4v) is 9.46. The third-order valence-corrected chi connectivity index (χ3v) is 14.1. The largest absolute Gasteiger partial charge is 0.462 e.